The Morgan fingerprint density at radius 1 is 1.23 bits per heavy atom. The highest BCUT2D eigenvalue weighted by Gasteiger charge is 2.35. The van der Waals surface area contributed by atoms with Crippen LogP contribution in [0.3, 0.4) is 0 Å². The van der Waals surface area contributed by atoms with E-state index in [2.05, 4.69) is 4.74 Å². The van der Waals surface area contributed by atoms with Gasteiger partial charge in [0.15, 0.2) is 0 Å². The largest absolute Gasteiger partial charge is 0.434 e. The molecule has 0 bridgehead atoms. The molecule has 1 heterocycles. The predicted octanol–water partition coefficient (Wildman–Crippen LogP) is 4.62. The van der Waals surface area contributed by atoms with Crippen molar-refractivity contribution in [3.8, 4) is 5.75 Å². The number of halogens is 5. The number of nitrogens with two attached hydrogens (primary N) is 1. The fourth-order valence-electron chi connectivity index (χ4n) is 3.70. The molecule has 0 aromatic heterocycles. The molecule has 1 unspecified atom stereocenters. The van der Waals surface area contributed by atoms with Gasteiger partial charge in [0.1, 0.15) is 5.75 Å². The lowest BCUT2D eigenvalue weighted by Crippen LogP contribution is -2.26. The Balaban J connectivity index is 2.12. The molecule has 0 saturated carbocycles. The first-order chi connectivity index (χ1) is 12.2. The average molecular weight is 374 g/mol. The molecule has 1 atom stereocenters. The standard InChI is InChI=1S/C18H19F5N2O/c1-25-8-7-14(24)11-3-2-4-12(11)16(25)13-6-5-10(18(21,22)23)9-15(13)26-17(19)20/h5-7,9,16-17H,2-4,8,24H2,1H3. The van der Waals surface area contributed by atoms with Gasteiger partial charge in [-0.25, -0.2) is 0 Å². The van der Waals surface area contributed by atoms with Gasteiger partial charge in [0.2, 0.25) is 0 Å². The van der Waals surface area contributed by atoms with Crippen molar-refractivity contribution in [1.29, 1.82) is 0 Å². The lowest BCUT2D eigenvalue weighted by Gasteiger charge is -2.30. The zero-order valence-corrected chi connectivity index (χ0v) is 14.1. The van der Waals surface area contributed by atoms with Gasteiger partial charge in [0.05, 0.1) is 11.6 Å². The summed E-state index contributed by atoms with van der Waals surface area (Å²) in [6.07, 6.45) is -0.437. The Bertz CT molecular complexity index is 754. The third kappa shape index (κ3) is 3.56. The third-order valence-electron chi connectivity index (χ3n) is 4.83. The minimum atomic E-state index is -4.64. The van der Waals surface area contributed by atoms with Crippen molar-refractivity contribution >= 4 is 0 Å². The van der Waals surface area contributed by atoms with Crippen LogP contribution < -0.4 is 10.5 Å². The van der Waals surface area contributed by atoms with Crippen molar-refractivity contribution in [1.82, 2.24) is 4.90 Å². The molecular weight excluding hydrogens is 355 g/mol. The van der Waals surface area contributed by atoms with E-state index in [1.54, 1.807) is 7.05 Å². The maximum atomic E-state index is 13.0. The molecule has 0 radical (unpaired) electrons. The van der Waals surface area contributed by atoms with Crippen LogP contribution in [0.25, 0.3) is 0 Å². The van der Waals surface area contributed by atoms with Crippen molar-refractivity contribution in [2.24, 2.45) is 5.73 Å². The van der Waals surface area contributed by atoms with Crippen molar-refractivity contribution in [2.45, 2.75) is 38.1 Å². The second-order valence-corrected chi connectivity index (χ2v) is 6.49. The normalized spacial score (nSPS) is 21.7. The van der Waals surface area contributed by atoms with E-state index in [1.165, 1.54) is 6.07 Å². The number of rotatable bonds is 3. The first kappa shape index (κ1) is 18.7. The summed E-state index contributed by atoms with van der Waals surface area (Å²) < 4.78 is 69.2. The van der Waals surface area contributed by atoms with Gasteiger partial charge in [-0.2, -0.15) is 22.0 Å². The maximum absolute atomic E-state index is 13.0. The fourth-order valence-corrected chi connectivity index (χ4v) is 3.70. The average Bonchev–Trinajstić information content (AvgIpc) is 2.98. The van der Waals surface area contributed by atoms with Gasteiger partial charge in [0, 0.05) is 17.8 Å². The molecule has 3 nitrogen and oxygen atoms in total. The Morgan fingerprint density at radius 2 is 1.96 bits per heavy atom. The van der Waals surface area contributed by atoms with Gasteiger partial charge >= 0.3 is 12.8 Å². The number of allylic oxidation sites excluding steroid dienone is 1. The van der Waals surface area contributed by atoms with Crippen LogP contribution in [0.2, 0.25) is 0 Å². The van der Waals surface area contributed by atoms with E-state index in [9.17, 15) is 22.0 Å². The molecule has 26 heavy (non-hydrogen) atoms. The number of likely N-dealkylation sites (N-methyl/N-ethyl adjacent to an activating group) is 1. The van der Waals surface area contributed by atoms with Crippen molar-refractivity contribution in [2.75, 3.05) is 13.6 Å². The summed E-state index contributed by atoms with van der Waals surface area (Å²) in [5, 5.41) is 0. The molecular formula is C18H19F5N2O. The number of hydrogen-bond donors (Lipinski definition) is 1. The van der Waals surface area contributed by atoms with Crippen molar-refractivity contribution < 1.29 is 26.7 Å². The molecule has 3 rings (SSSR count). The summed E-state index contributed by atoms with van der Waals surface area (Å²) in [5.41, 5.74) is 7.93. The maximum Gasteiger partial charge on any atom is 0.416 e. The van der Waals surface area contributed by atoms with Crippen LogP contribution in [0.15, 0.2) is 41.1 Å². The van der Waals surface area contributed by atoms with Crippen LogP contribution in [-0.2, 0) is 6.18 Å². The van der Waals surface area contributed by atoms with E-state index in [4.69, 9.17) is 5.73 Å². The van der Waals surface area contributed by atoms with E-state index in [0.717, 1.165) is 30.1 Å². The van der Waals surface area contributed by atoms with Crippen LogP contribution >= 0.6 is 0 Å². The Labute approximate surface area is 147 Å². The highest BCUT2D eigenvalue weighted by Crippen LogP contribution is 2.45. The topological polar surface area (TPSA) is 38.5 Å². The lowest BCUT2D eigenvalue weighted by molar-refractivity contribution is -0.138. The summed E-state index contributed by atoms with van der Waals surface area (Å²) in [7, 11) is 1.78. The van der Waals surface area contributed by atoms with E-state index in [-0.39, 0.29) is 0 Å². The number of ether oxygens (including phenoxy) is 1. The molecule has 1 aromatic carbocycles. The monoisotopic (exact) mass is 374 g/mol. The minimum absolute atomic E-state index is 0.290. The summed E-state index contributed by atoms with van der Waals surface area (Å²) in [6, 6.07) is 2.32. The SMILES string of the molecule is CN1CC=C(N)C2=C(CCC2)C1c1ccc(C(F)(F)F)cc1OC(F)F. The van der Waals surface area contributed by atoms with Gasteiger partial charge in [0.25, 0.3) is 0 Å². The van der Waals surface area contributed by atoms with Crippen molar-refractivity contribution in [3.05, 3.63) is 52.2 Å². The molecule has 1 aliphatic carbocycles. The number of nitrogens with zero attached hydrogens (tertiary/aromatic N) is 1. The molecule has 142 valence electrons. The van der Waals surface area contributed by atoms with E-state index < -0.39 is 30.1 Å². The van der Waals surface area contributed by atoms with Crippen LogP contribution in [0.1, 0.15) is 36.4 Å². The first-order valence-electron chi connectivity index (χ1n) is 8.22. The molecule has 2 aliphatic rings. The number of hydrogen-bond acceptors (Lipinski definition) is 3. The van der Waals surface area contributed by atoms with Crippen LogP contribution in [0.4, 0.5) is 22.0 Å². The molecule has 8 heteroatoms. The molecule has 1 aromatic rings. The lowest BCUT2D eigenvalue weighted by atomic mass is 9.93. The Morgan fingerprint density at radius 3 is 2.62 bits per heavy atom. The quantitative estimate of drug-likeness (QED) is 0.785. The van der Waals surface area contributed by atoms with E-state index >= 15 is 0 Å². The third-order valence-corrected chi connectivity index (χ3v) is 4.83. The predicted molar refractivity (Wildman–Crippen MR) is 86.6 cm³/mol. The first-order valence-corrected chi connectivity index (χ1v) is 8.22. The van der Waals surface area contributed by atoms with Crippen LogP contribution in [-0.4, -0.2) is 25.1 Å². The van der Waals surface area contributed by atoms with Gasteiger partial charge in [-0.1, -0.05) is 6.07 Å². The Hall–Kier alpha value is -2.09. The fraction of sp³-hybridized carbons (Fsp3) is 0.444. The molecule has 0 fully saturated rings. The van der Waals surface area contributed by atoms with Crippen LogP contribution in [0, 0.1) is 0 Å². The Kier molecular flexibility index (Phi) is 4.96. The number of benzene rings is 1. The number of alkyl halides is 5. The molecule has 0 amide bonds. The second kappa shape index (κ2) is 6.90. The zero-order chi connectivity index (χ0) is 19.1. The van der Waals surface area contributed by atoms with Gasteiger partial charge in [-0.15, -0.1) is 0 Å². The molecule has 0 spiro atoms. The van der Waals surface area contributed by atoms with E-state index in [0.29, 0.717) is 30.3 Å². The zero-order valence-electron chi connectivity index (χ0n) is 14.1. The van der Waals surface area contributed by atoms with Gasteiger partial charge < -0.3 is 10.5 Å². The minimum Gasteiger partial charge on any atom is -0.434 e. The molecule has 2 N–H and O–H groups in total. The highest BCUT2D eigenvalue weighted by molar-refractivity contribution is 5.49. The smallest absolute Gasteiger partial charge is 0.416 e. The van der Waals surface area contributed by atoms with E-state index in [1.807, 2.05) is 11.0 Å². The molecule has 1 aliphatic heterocycles. The molecule has 0 saturated heterocycles. The highest BCUT2D eigenvalue weighted by atomic mass is 19.4. The summed E-state index contributed by atoms with van der Waals surface area (Å²) in [5.74, 6) is -0.453. The summed E-state index contributed by atoms with van der Waals surface area (Å²) in [4.78, 5) is 1.88. The second-order valence-electron chi connectivity index (χ2n) is 6.49. The van der Waals surface area contributed by atoms with Gasteiger partial charge in [-0.05, 0) is 55.7 Å². The van der Waals surface area contributed by atoms with Crippen molar-refractivity contribution in [3.63, 3.8) is 0 Å². The van der Waals surface area contributed by atoms with Crippen LogP contribution in [0.5, 0.6) is 5.75 Å². The summed E-state index contributed by atoms with van der Waals surface area (Å²) in [6.45, 7) is -2.76. The summed E-state index contributed by atoms with van der Waals surface area (Å²) >= 11 is 0. The van der Waals surface area contributed by atoms with Gasteiger partial charge in [-0.3, -0.25) is 4.90 Å².